The smallest absolute Gasteiger partial charge is 0.219 e. The Morgan fingerprint density at radius 1 is 0.933 bits per heavy atom. The first kappa shape index (κ1) is 15.1. The fourth-order valence-corrected chi connectivity index (χ4v) is 1.37. The monoisotopic (exact) mass is 244 g/mol. The largest absolute Gasteiger partial charge is 0.300 e. The quantitative estimate of drug-likeness (QED) is 0.613. The van der Waals surface area contributed by atoms with Crippen molar-refractivity contribution in [1.82, 2.24) is 0 Å². The van der Waals surface area contributed by atoms with Gasteiger partial charge in [0.15, 0.2) is 0 Å². The molecule has 0 aliphatic heterocycles. The van der Waals surface area contributed by atoms with Crippen molar-refractivity contribution >= 4 is 11.6 Å². The third-order valence-electron chi connectivity index (χ3n) is 3.07. The predicted octanol–water partition coefficient (Wildman–Crippen LogP) is 5.01. The molecule has 0 aliphatic rings. The summed E-state index contributed by atoms with van der Waals surface area (Å²) in [6, 6.07) is 0. The number of hydrogen-bond acceptors (Lipinski definition) is 0. The van der Waals surface area contributed by atoms with Crippen molar-refractivity contribution in [2.24, 2.45) is 10.8 Å². The molecule has 1 unspecified atom stereocenters. The molecule has 4 heteroatoms. The zero-order valence-electron chi connectivity index (χ0n) is 10.2. The highest BCUT2D eigenvalue weighted by Crippen LogP contribution is 2.56. The van der Waals surface area contributed by atoms with Gasteiger partial charge in [-0.2, -0.15) is 0 Å². The molecule has 0 nitrogen and oxygen atoms in total. The van der Waals surface area contributed by atoms with Gasteiger partial charge < -0.3 is 0 Å². The highest BCUT2D eigenvalue weighted by atomic mass is 35.5. The number of alkyl halides is 4. The molecule has 0 aromatic carbocycles. The van der Waals surface area contributed by atoms with Crippen LogP contribution in [-0.2, 0) is 0 Å². The molecule has 0 saturated heterocycles. The minimum Gasteiger partial charge on any atom is -0.219 e. The second kappa shape index (κ2) is 3.83. The molecule has 0 bridgehead atoms. The number of halogens is 4. The summed E-state index contributed by atoms with van der Waals surface area (Å²) in [6.45, 7) is 8.38. The normalized spacial score (nSPS) is 18.8. The molecule has 0 N–H and O–H groups in total. The second-order valence-corrected chi connectivity index (χ2v) is 6.16. The van der Waals surface area contributed by atoms with E-state index in [1.165, 1.54) is 34.6 Å². The Kier molecular flexibility index (Phi) is 3.85. The first-order valence-electron chi connectivity index (χ1n) is 5.07. The molecular weight excluding hydrogens is 225 g/mol. The van der Waals surface area contributed by atoms with Gasteiger partial charge in [0.1, 0.15) is 0 Å². The van der Waals surface area contributed by atoms with Crippen molar-refractivity contribution in [3.63, 3.8) is 0 Å². The highest BCUT2D eigenvalue weighted by molar-refractivity contribution is 6.24. The van der Waals surface area contributed by atoms with Crippen LogP contribution in [0.1, 0.15) is 48.0 Å². The minimum atomic E-state index is -3.57. The Hall–Kier alpha value is 0.0800. The second-order valence-electron chi connectivity index (χ2n) is 5.64. The summed E-state index contributed by atoms with van der Waals surface area (Å²) < 4.78 is 42.0. The molecule has 92 valence electrons. The summed E-state index contributed by atoms with van der Waals surface area (Å²) in [5.74, 6) is -3.57. The lowest BCUT2D eigenvalue weighted by Crippen LogP contribution is -2.56. The van der Waals surface area contributed by atoms with Gasteiger partial charge in [0.2, 0.25) is 0 Å². The van der Waals surface area contributed by atoms with E-state index in [1.54, 1.807) is 6.92 Å². The van der Waals surface area contributed by atoms with E-state index >= 15 is 0 Å². The van der Waals surface area contributed by atoms with Gasteiger partial charge in [-0.25, -0.2) is 13.2 Å². The molecule has 0 spiro atoms. The maximum atomic E-state index is 14.1. The summed E-state index contributed by atoms with van der Waals surface area (Å²) in [6.07, 6.45) is 0.161. The third kappa shape index (κ3) is 2.27. The maximum absolute atomic E-state index is 14.1. The van der Waals surface area contributed by atoms with Crippen LogP contribution in [0.3, 0.4) is 0 Å². The van der Waals surface area contributed by atoms with Crippen molar-refractivity contribution in [1.29, 1.82) is 0 Å². The molecule has 0 aliphatic carbocycles. The van der Waals surface area contributed by atoms with Gasteiger partial charge in [0.05, 0.1) is 0 Å². The minimum absolute atomic E-state index is 0.161. The van der Waals surface area contributed by atoms with Crippen molar-refractivity contribution < 1.29 is 13.2 Å². The van der Waals surface area contributed by atoms with Crippen molar-refractivity contribution in [3.8, 4) is 0 Å². The molecule has 0 rings (SSSR count). The van der Waals surface area contributed by atoms with E-state index in [-0.39, 0.29) is 6.42 Å². The Morgan fingerprint density at radius 2 is 1.27 bits per heavy atom. The van der Waals surface area contributed by atoms with E-state index in [2.05, 4.69) is 0 Å². The van der Waals surface area contributed by atoms with E-state index in [0.717, 1.165) is 0 Å². The topological polar surface area (TPSA) is 0 Å². The molecular formula is C11H20ClF3. The van der Waals surface area contributed by atoms with Crippen LogP contribution in [-0.4, -0.2) is 11.1 Å². The average molecular weight is 245 g/mol. The van der Waals surface area contributed by atoms with Gasteiger partial charge in [0, 0.05) is 10.8 Å². The Morgan fingerprint density at radius 3 is 1.47 bits per heavy atom. The number of hydrogen-bond donors (Lipinski definition) is 0. The molecule has 15 heavy (non-hydrogen) atoms. The number of rotatable bonds is 3. The van der Waals surface area contributed by atoms with Crippen molar-refractivity contribution in [3.05, 3.63) is 0 Å². The highest BCUT2D eigenvalue weighted by Gasteiger charge is 2.66. The van der Waals surface area contributed by atoms with Crippen LogP contribution in [0.15, 0.2) is 0 Å². The summed E-state index contributed by atoms with van der Waals surface area (Å²) in [7, 11) is 0. The van der Waals surface area contributed by atoms with E-state index in [9.17, 15) is 13.2 Å². The van der Waals surface area contributed by atoms with Gasteiger partial charge in [-0.05, 0) is 6.42 Å². The Bertz CT molecular complexity index is 226. The van der Waals surface area contributed by atoms with Gasteiger partial charge >= 0.3 is 5.92 Å². The molecule has 1 atom stereocenters. The first-order valence-corrected chi connectivity index (χ1v) is 5.44. The van der Waals surface area contributed by atoms with Crippen LogP contribution in [0.25, 0.3) is 0 Å². The zero-order chi connectivity index (χ0) is 12.7. The Balaban J connectivity index is 5.38. The van der Waals surface area contributed by atoms with E-state index in [0.29, 0.717) is 0 Å². The summed E-state index contributed by atoms with van der Waals surface area (Å²) in [4.78, 5) is 0. The van der Waals surface area contributed by atoms with Crippen LogP contribution >= 0.6 is 11.6 Å². The van der Waals surface area contributed by atoms with Crippen LogP contribution in [0.2, 0.25) is 0 Å². The van der Waals surface area contributed by atoms with Crippen LogP contribution in [0.5, 0.6) is 0 Å². The van der Waals surface area contributed by atoms with E-state index < -0.39 is 21.9 Å². The summed E-state index contributed by atoms with van der Waals surface area (Å²) in [5, 5.41) is -3.04. The van der Waals surface area contributed by atoms with Crippen molar-refractivity contribution in [2.75, 3.05) is 0 Å². The van der Waals surface area contributed by atoms with Crippen LogP contribution in [0.4, 0.5) is 13.2 Å². The maximum Gasteiger partial charge on any atom is 0.300 e. The third-order valence-corrected chi connectivity index (χ3v) is 3.87. The van der Waals surface area contributed by atoms with Crippen LogP contribution in [0, 0.1) is 10.8 Å². The molecule has 0 aromatic heterocycles. The SMILES string of the molecule is CCC(C)(C)C(F)(F)C(F)(Cl)C(C)(C)C. The van der Waals surface area contributed by atoms with E-state index in [4.69, 9.17) is 11.6 Å². The molecule has 0 radical (unpaired) electrons. The lowest BCUT2D eigenvalue weighted by Gasteiger charge is -2.45. The average Bonchev–Trinajstić information content (AvgIpc) is 2.01. The molecule has 0 heterocycles. The molecule has 0 saturated carbocycles. The van der Waals surface area contributed by atoms with Gasteiger partial charge in [0.25, 0.3) is 5.13 Å². The summed E-state index contributed by atoms with van der Waals surface area (Å²) in [5.41, 5.74) is -2.78. The standard InChI is InChI=1S/C11H20ClF3/c1-7-9(5,6)11(14,15)10(12,13)8(2,3)4/h7H2,1-6H3. The van der Waals surface area contributed by atoms with Crippen LogP contribution < -0.4 is 0 Å². The lowest BCUT2D eigenvalue weighted by molar-refractivity contribution is -0.205. The fraction of sp³-hybridized carbons (Fsp3) is 1.00. The fourth-order valence-electron chi connectivity index (χ4n) is 1.12. The van der Waals surface area contributed by atoms with Gasteiger partial charge in [-0.15, -0.1) is 0 Å². The first-order chi connectivity index (χ1) is 6.31. The van der Waals surface area contributed by atoms with E-state index in [1.807, 2.05) is 0 Å². The van der Waals surface area contributed by atoms with Crippen molar-refractivity contribution in [2.45, 2.75) is 59.0 Å². The van der Waals surface area contributed by atoms with Gasteiger partial charge in [-0.3, -0.25) is 0 Å². The molecule has 0 amide bonds. The van der Waals surface area contributed by atoms with Gasteiger partial charge in [-0.1, -0.05) is 53.1 Å². The lowest BCUT2D eigenvalue weighted by atomic mass is 9.73. The Labute approximate surface area is 95.2 Å². The predicted molar refractivity (Wildman–Crippen MR) is 58.2 cm³/mol. The molecule has 0 fully saturated rings. The summed E-state index contributed by atoms with van der Waals surface area (Å²) >= 11 is 5.45. The molecule has 0 aromatic rings. The zero-order valence-corrected chi connectivity index (χ0v) is 11.0.